The first-order chi connectivity index (χ1) is 5.41. The van der Waals surface area contributed by atoms with Gasteiger partial charge in [-0.2, -0.15) is 0 Å². The van der Waals surface area contributed by atoms with Gasteiger partial charge in [-0.1, -0.05) is 0 Å². The van der Waals surface area contributed by atoms with Crippen molar-refractivity contribution >= 4 is 19.2 Å². The monoisotopic (exact) mass is 211 g/mol. The lowest BCUT2D eigenvalue weighted by molar-refractivity contribution is 0.132. The van der Waals surface area contributed by atoms with Crippen LogP contribution in [-0.4, -0.2) is 59.2 Å². The molecular weight excluding hydrogens is 190 g/mol. The Labute approximate surface area is 79.7 Å². The molecule has 0 aromatic rings. The first-order valence-corrected chi connectivity index (χ1v) is 6.80. The van der Waals surface area contributed by atoms with Crippen molar-refractivity contribution in [3.8, 4) is 0 Å². The standard InChI is InChI=1S/C4H12O3Si.C2H9NSi/c1-5-8(4,6-2)7-3;1-3(2)4/h1-4H3;1-2,4H3. The molecule has 0 saturated carbocycles. The summed E-state index contributed by atoms with van der Waals surface area (Å²) in [7, 11) is 7.88. The SMILES string of the molecule is CN(C)[SiH3].CO[Si](C)(OC)OC. The third kappa shape index (κ3) is 10.3. The van der Waals surface area contributed by atoms with Gasteiger partial charge in [0.25, 0.3) is 0 Å². The Balaban J connectivity index is 0. The molecule has 0 amide bonds. The lowest BCUT2D eigenvalue weighted by Gasteiger charge is -2.18. The second-order valence-electron chi connectivity index (χ2n) is 2.82. The fraction of sp³-hybridized carbons (Fsp3) is 1.00. The summed E-state index contributed by atoms with van der Waals surface area (Å²) in [6.45, 7) is 1.83. The highest BCUT2D eigenvalue weighted by Gasteiger charge is 2.29. The summed E-state index contributed by atoms with van der Waals surface area (Å²) in [6.07, 6.45) is 0. The highest BCUT2D eigenvalue weighted by Crippen LogP contribution is 2.02. The van der Waals surface area contributed by atoms with Gasteiger partial charge in [-0.25, -0.2) is 0 Å². The molecule has 0 aromatic heterocycles. The molecule has 0 radical (unpaired) electrons. The summed E-state index contributed by atoms with van der Waals surface area (Å²) >= 11 is 0. The predicted octanol–water partition coefficient (Wildman–Crippen LogP) is -0.677. The van der Waals surface area contributed by atoms with Crippen molar-refractivity contribution in [3.63, 3.8) is 0 Å². The third-order valence-electron chi connectivity index (χ3n) is 1.11. The average molecular weight is 211 g/mol. The van der Waals surface area contributed by atoms with Crippen molar-refractivity contribution in [2.75, 3.05) is 35.4 Å². The van der Waals surface area contributed by atoms with Crippen molar-refractivity contribution in [1.29, 1.82) is 0 Å². The Morgan fingerprint density at radius 2 is 1.17 bits per heavy atom. The minimum atomic E-state index is -2.17. The maximum atomic E-state index is 4.93. The Morgan fingerprint density at radius 1 is 1.00 bits per heavy atom. The van der Waals surface area contributed by atoms with Gasteiger partial charge in [0.2, 0.25) is 0 Å². The molecule has 0 saturated heterocycles. The molecule has 0 N–H and O–H groups in total. The van der Waals surface area contributed by atoms with Crippen LogP contribution in [0.5, 0.6) is 0 Å². The molecule has 76 valence electrons. The quantitative estimate of drug-likeness (QED) is 0.579. The summed E-state index contributed by atoms with van der Waals surface area (Å²) in [6, 6.07) is 0. The van der Waals surface area contributed by atoms with Crippen LogP contribution in [0.1, 0.15) is 0 Å². The molecular formula is C6H21NO3Si2. The Kier molecular flexibility index (Phi) is 9.73. The lowest BCUT2D eigenvalue weighted by atomic mass is 11.3. The molecule has 0 heterocycles. The van der Waals surface area contributed by atoms with Gasteiger partial charge in [0, 0.05) is 27.9 Å². The van der Waals surface area contributed by atoms with Crippen LogP contribution in [0.3, 0.4) is 0 Å². The first kappa shape index (κ1) is 14.8. The normalized spacial score (nSPS) is 11.2. The van der Waals surface area contributed by atoms with Gasteiger partial charge >= 0.3 is 8.80 Å². The number of nitrogens with zero attached hydrogens (tertiary/aromatic N) is 1. The number of rotatable bonds is 3. The van der Waals surface area contributed by atoms with Crippen LogP contribution in [0.4, 0.5) is 0 Å². The van der Waals surface area contributed by atoms with E-state index >= 15 is 0 Å². The summed E-state index contributed by atoms with van der Waals surface area (Å²) in [5.74, 6) is 0. The summed E-state index contributed by atoms with van der Waals surface area (Å²) < 4.78 is 16.9. The third-order valence-corrected chi connectivity index (χ3v) is 3.34. The molecule has 0 aliphatic heterocycles. The Bertz CT molecular complexity index is 87.8. The molecule has 0 aliphatic rings. The van der Waals surface area contributed by atoms with E-state index in [0.29, 0.717) is 0 Å². The minimum absolute atomic E-state index is 1.18. The van der Waals surface area contributed by atoms with E-state index in [2.05, 4.69) is 18.7 Å². The molecule has 4 nitrogen and oxygen atoms in total. The van der Waals surface area contributed by atoms with Gasteiger partial charge in [-0.3, -0.25) is 0 Å². The lowest BCUT2D eigenvalue weighted by Crippen LogP contribution is -2.38. The van der Waals surface area contributed by atoms with E-state index in [9.17, 15) is 0 Å². The molecule has 12 heavy (non-hydrogen) atoms. The topological polar surface area (TPSA) is 30.9 Å². The second-order valence-corrected chi connectivity index (χ2v) is 7.55. The fourth-order valence-electron chi connectivity index (χ4n) is 0.250. The van der Waals surface area contributed by atoms with Crippen LogP contribution < -0.4 is 0 Å². The van der Waals surface area contributed by atoms with Crippen LogP contribution in [0.25, 0.3) is 0 Å². The molecule has 0 unspecified atom stereocenters. The van der Waals surface area contributed by atoms with Crippen LogP contribution in [0.2, 0.25) is 6.55 Å². The van der Waals surface area contributed by atoms with Gasteiger partial charge in [0.05, 0.1) is 10.4 Å². The maximum Gasteiger partial charge on any atom is 0.496 e. The molecule has 0 aliphatic carbocycles. The largest absolute Gasteiger partial charge is 0.496 e. The van der Waals surface area contributed by atoms with E-state index in [1.807, 2.05) is 6.55 Å². The molecule has 6 heteroatoms. The molecule has 0 rings (SSSR count). The van der Waals surface area contributed by atoms with Gasteiger partial charge in [-0.15, -0.1) is 0 Å². The second kappa shape index (κ2) is 7.90. The maximum absolute atomic E-state index is 4.93. The van der Waals surface area contributed by atoms with Crippen LogP contribution >= 0.6 is 0 Å². The van der Waals surface area contributed by atoms with Gasteiger partial charge < -0.3 is 17.8 Å². The summed E-state index contributed by atoms with van der Waals surface area (Å²) in [5.41, 5.74) is 0. The average Bonchev–Trinajstić information content (AvgIpc) is 2.02. The molecule has 0 spiro atoms. The van der Waals surface area contributed by atoms with E-state index in [4.69, 9.17) is 13.3 Å². The van der Waals surface area contributed by atoms with E-state index in [0.717, 1.165) is 0 Å². The summed E-state index contributed by atoms with van der Waals surface area (Å²) in [5, 5.41) is 0. The predicted molar refractivity (Wildman–Crippen MR) is 56.3 cm³/mol. The van der Waals surface area contributed by atoms with Gasteiger partial charge in [0.1, 0.15) is 0 Å². The Morgan fingerprint density at radius 3 is 1.17 bits per heavy atom. The highest BCUT2D eigenvalue weighted by molar-refractivity contribution is 6.58. The van der Waals surface area contributed by atoms with E-state index in [-0.39, 0.29) is 0 Å². The zero-order valence-corrected chi connectivity index (χ0v) is 12.2. The minimum Gasteiger partial charge on any atom is -0.377 e. The van der Waals surface area contributed by atoms with Crippen molar-refractivity contribution in [2.24, 2.45) is 0 Å². The van der Waals surface area contributed by atoms with Crippen molar-refractivity contribution in [1.82, 2.24) is 4.57 Å². The van der Waals surface area contributed by atoms with Crippen LogP contribution in [0.15, 0.2) is 0 Å². The van der Waals surface area contributed by atoms with Crippen molar-refractivity contribution in [3.05, 3.63) is 0 Å². The molecule has 0 fully saturated rings. The Hall–Kier alpha value is 0.274. The number of hydrogen-bond donors (Lipinski definition) is 0. The first-order valence-electron chi connectivity index (χ1n) is 3.68. The zero-order valence-electron chi connectivity index (χ0n) is 9.17. The van der Waals surface area contributed by atoms with E-state index < -0.39 is 8.80 Å². The van der Waals surface area contributed by atoms with Crippen LogP contribution in [0, 0.1) is 0 Å². The van der Waals surface area contributed by atoms with E-state index in [1.54, 1.807) is 21.3 Å². The fourth-order valence-corrected chi connectivity index (χ4v) is 0.750. The van der Waals surface area contributed by atoms with Gasteiger partial charge in [-0.05, 0) is 14.1 Å². The van der Waals surface area contributed by atoms with Crippen molar-refractivity contribution < 1.29 is 13.3 Å². The smallest absolute Gasteiger partial charge is 0.377 e. The zero-order chi connectivity index (χ0) is 10.2. The van der Waals surface area contributed by atoms with Gasteiger partial charge in [0.15, 0.2) is 0 Å². The molecule has 0 atom stereocenters. The van der Waals surface area contributed by atoms with Crippen LogP contribution in [-0.2, 0) is 13.3 Å². The summed E-state index contributed by atoms with van der Waals surface area (Å²) in [4.78, 5) is 0. The molecule has 0 aromatic carbocycles. The van der Waals surface area contributed by atoms with E-state index in [1.165, 1.54) is 10.4 Å². The van der Waals surface area contributed by atoms with Crippen molar-refractivity contribution in [2.45, 2.75) is 6.55 Å². The number of hydrogen-bond acceptors (Lipinski definition) is 4. The molecule has 0 bridgehead atoms. The highest BCUT2D eigenvalue weighted by atomic mass is 28.4.